The fourth-order valence-corrected chi connectivity index (χ4v) is 2.64. The van der Waals surface area contributed by atoms with Crippen molar-refractivity contribution < 1.29 is 9.47 Å². The van der Waals surface area contributed by atoms with Gasteiger partial charge >= 0.3 is 0 Å². The largest absolute Gasteiger partial charge is 0.489 e. The molecule has 1 aromatic carbocycles. The summed E-state index contributed by atoms with van der Waals surface area (Å²) in [6, 6.07) is 3.95. The standard InChI is InChI=1S/C12H16ClNO2S/c13-10-6-9(8-17-5-2-14)7-11-12(10)16-4-1-3-15-11/h6-7H,1-5,8,14H2. The van der Waals surface area contributed by atoms with E-state index in [4.69, 9.17) is 26.8 Å². The summed E-state index contributed by atoms with van der Waals surface area (Å²) < 4.78 is 11.2. The Labute approximate surface area is 111 Å². The van der Waals surface area contributed by atoms with Crippen molar-refractivity contribution >= 4 is 23.4 Å². The summed E-state index contributed by atoms with van der Waals surface area (Å²) in [5, 5.41) is 0.632. The third-order valence-electron chi connectivity index (χ3n) is 2.39. The normalized spacial score (nSPS) is 14.5. The zero-order valence-electron chi connectivity index (χ0n) is 9.58. The predicted molar refractivity (Wildman–Crippen MR) is 72.3 cm³/mol. The van der Waals surface area contributed by atoms with Crippen LogP contribution in [0.5, 0.6) is 11.5 Å². The van der Waals surface area contributed by atoms with Gasteiger partial charge in [0.2, 0.25) is 0 Å². The number of rotatable bonds is 4. The Kier molecular flexibility index (Phi) is 4.83. The van der Waals surface area contributed by atoms with Crippen LogP contribution in [-0.4, -0.2) is 25.5 Å². The fourth-order valence-electron chi connectivity index (χ4n) is 1.64. The molecule has 94 valence electrons. The van der Waals surface area contributed by atoms with Crippen LogP contribution in [-0.2, 0) is 5.75 Å². The van der Waals surface area contributed by atoms with Crippen molar-refractivity contribution in [2.24, 2.45) is 5.73 Å². The number of thioether (sulfide) groups is 1. The zero-order valence-corrected chi connectivity index (χ0v) is 11.1. The second-order valence-corrected chi connectivity index (χ2v) is 5.31. The maximum atomic E-state index is 6.19. The van der Waals surface area contributed by atoms with Gasteiger partial charge in [-0.15, -0.1) is 0 Å². The smallest absolute Gasteiger partial charge is 0.179 e. The van der Waals surface area contributed by atoms with Crippen LogP contribution in [0.25, 0.3) is 0 Å². The minimum Gasteiger partial charge on any atom is -0.489 e. The van der Waals surface area contributed by atoms with Gasteiger partial charge in [-0.25, -0.2) is 0 Å². The lowest BCUT2D eigenvalue weighted by Gasteiger charge is -2.11. The molecule has 0 bridgehead atoms. The average molecular weight is 274 g/mol. The van der Waals surface area contributed by atoms with Crippen molar-refractivity contribution in [2.45, 2.75) is 12.2 Å². The first-order valence-electron chi connectivity index (χ1n) is 5.67. The number of halogens is 1. The Balaban J connectivity index is 2.14. The summed E-state index contributed by atoms with van der Waals surface area (Å²) >= 11 is 7.98. The molecular formula is C12H16ClNO2S. The van der Waals surface area contributed by atoms with Crippen molar-refractivity contribution in [3.8, 4) is 11.5 Å². The number of hydrogen-bond donors (Lipinski definition) is 1. The molecule has 0 spiro atoms. The summed E-state index contributed by atoms with van der Waals surface area (Å²) in [4.78, 5) is 0. The van der Waals surface area contributed by atoms with E-state index < -0.39 is 0 Å². The molecule has 0 aromatic heterocycles. The Bertz CT molecular complexity index is 387. The van der Waals surface area contributed by atoms with Crippen LogP contribution in [0.3, 0.4) is 0 Å². The molecule has 0 radical (unpaired) electrons. The highest BCUT2D eigenvalue weighted by Gasteiger charge is 2.15. The van der Waals surface area contributed by atoms with E-state index in [1.807, 2.05) is 12.1 Å². The number of fused-ring (bicyclic) bond motifs is 1. The monoisotopic (exact) mass is 273 g/mol. The molecule has 1 aliphatic rings. The second kappa shape index (κ2) is 6.38. The van der Waals surface area contributed by atoms with Crippen LogP contribution < -0.4 is 15.2 Å². The number of ether oxygens (including phenoxy) is 2. The van der Waals surface area contributed by atoms with E-state index in [-0.39, 0.29) is 0 Å². The molecule has 0 atom stereocenters. The van der Waals surface area contributed by atoms with E-state index in [1.54, 1.807) is 11.8 Å². The zero-order chi connectivity index (χ0) is 12.1. The van der Waals surface area contributed by atoms with Crippen molar-refractivity contribution in [1.82, 2.24) is 0 Å². The molecule has 0 amide bonds. The second-order valence-electron chi connectivity index (χ2n) is 3.80. The van der Waals surface area contributed by atoms with E-state index in [1.165, 1.54) is 0 Å². The van der Waals surface area contributed by atoms with Gasteiger partial charge in [-0.05, 0) is 17.7 Å². The molecule has 1 aliphatic heterocycles. The van der Waals surface area contributed by atoms with Gasteiger partial charge in [0.1, 0.15) is 0 Å². The highest BCUT2D eigenvalue weighted by atomic mass is 35.5. The van der Waals surface area contributed by atoms with Crippen LogP contribution in [0.15, 0.2) is 12.1 Å². The SMILES string of the molecule is NCCSCc1cc(Cl)c2c(c1)OCCCO2. The molecule has 0 saturated carbocycles. The van der Waals surface area contributed by atoms with E-state index in [9.17, 15) is 0 Å². The van der Waals surface area contributed by atoms with Crippen molar-refractivity contribution in [2.75, 3.05) is 25.5 Å². The number of hydrogen-bond acceptors (Lipinski definition) is 4. The molecule has 17 heavy (non-hydrogen) atoms. The van der Waals surface area contributed by atoms with Crippen LogP contribution in [0.4, 0.5) is 0 Å². The molecule has 0 unspecified atom stereocenters. The molecule has 5 heteroatoms. The van der Waals surface area contributed by atoms with Gasteiger partial charge in [0.05, 0.1) is 18.2 Å². The van der Waals surface area contributed by atoms with Gasteiger partial charge in [0.15, 0.2) is 11.5 Å². The lowest BCUT2D eigenvalue weighted by atomic mass is 10.2. The third kappa shape index (κ3) is 3.44. The number of benzene rings is 1. The van der Waals surface area contributed by atoms with E-state index in [2.05, 4.69) is 0 Å². The van der Waals surface area contributed by atoms with E-state index >= 15 is 0 Å². The maximum absolute atomic E-state index is 6.19. The van der Waals surface area contributed by atoms with Crippen LogP contribution >= 0.6 is 23.4 Å². The topological polar surface area (TPSA) is 44.5 Å². The molecule has 0 fully saturated rings. The highest BCUT2D eigenvalue weighted by Crippen LogP contribution is 2.38. The molecule has 3 nitrogen and oxygen atoms in total. The van der Waals surface area contributed by atoms with Gasteiger partial charge in [-0.1, -0.05) is 11.6 Å². The summed E-state index contributed by atoms with van der Waals surface area (Å²) in [7, 11) is 0. The van der Waals surface area contributed by atoms with E-state index in [0.29, 0.717) is 30.5 Å². The molecule has 2 N–H and O–H groups in total. The molecule has 0 saturated heterocycles. The molecular weight excluding hydrogens is 258 g/mol. The third-order valence-corrected chi connectivity index (χ3v) is 3.74. The highest BCUT2D eigenvalue weighted by molar-refractivity contribution is 7.98. The van der Waals surface area contributed by atoms with Gasteiger partial charge in [-0.2, -0.15) is 11.8 Å². The van der Waals surface area contributed by atoms with Crippen LogP contribution in [0.2, 0.25) is 5.02 Å². The predicted octanol–water partition coefficient (Wildman–Crippen LogP) is 2.69. The van der Waals surface area contributed by atoms with Crippen molar-refractivity contribution in [1.29, 1.82) is 0 Å². The average Bonchev–Trinajstić information content (AvgIpc) is 2.55. The maximum Gasteiger partial charge on any atom is 0.179 e. The minimum atomic E-state index is 0.632. The van der Waals surface area contributed by atoms with E-state index in [0.717, 1.165) is 29.2 Å². The molecule has 2 rings (SSSR count). The quantitative estimate of drug-likeness (QED) is 0.857. The van der Waals surface area contributed by atoms with Gasteiger partial charge in [-0.3, -0.25) is 0 Å². The molecule has 1 heterocycles. The van der Waals surface area contributed by atoms with Gasteiger partial charge in [0, 0.05) is 24.5 Å². The summed E-state index contributed by atoms with van der Waals surface area (Å²) in [5.41, 5.74) is 6.61. The Morgan fingerprint density at radius 1 is 1.29 bits per heavy atom. The first-order valence-corrected chi connectivity index (χ1v) is 7.20. The Morgan fingerprint density at radius 2 is 2.12 bits per heavy atom. The summed E-state index contributed by atoms with van der Waals surface area (Å²) in [5.74, 6) is 3.29. The lowest BCUT2D eigenvalue weighted by Crippen LogP contribution is -2.01. The van der Waals surface area contributed by atoms with Gasteiger partial charge < -0.3 is 15.2 Å². The fraction of sp³-hybridized carbons (Fsp3) is 0.500. The lowest BCUT2D eigenvalue weighted by molar-refractivity contribution is 0.297. The summed E-state index contributed by atoms with van der Waals surface area (Å²) in [6.07, 6.45) is 0.891. The molecule has 1 aromatic rings. The van der Waals surface area contributed by atoms with Crippen molar-refractivity contribution in [3.05, 3.63) is 22.7 Å². The molecule has 0 aliphatic carbocycles. The van der Waals surface area contributed by atoms with Crippen LogP contribution in [0, 0.1) is 0 Å². The first-order chi connectivity index (χ1) is 8.31. The van der Waals surface area contributed by atoms with Crippen LogP contribution in [0.1, 0.15) is 12.0 Å². The van der Waals surface area contributed by atoms with Crippen molar-refractivity contribution in [3.63, 3.8) is 0 Å². The van der Waals surface area contributed by atoms with Gasteiger partial charge in [0.25, 0.3) is 0 Å². The minimum absolute atomic E-state index is 0.632. The Hall–Kier alpha value is -0.580. The Morgan fingerprint density at radius 3 is 2.94 bits per heavy atom. The number of nitrogens with two attached hydrogens (primary N) is 1. The first kappa shape index (κ1) is 12.9. The summed E-state index contributed by atoms with van der Waals surface area (Å²) in [6.45, 7) is 2.04.